The minimum absolute atomic E-state index is 0.0503. The summed E-state index contributed by atoms with van der Waals surface area (Å²) in [7, 11) is 1.33. The normalized spacial score (nSPS) is 10.1. The molecule has 8 nitrogen and oxygen atoms in total. The number of unbranched alkanes of at least 4 members (excludes halogenated alkanes) is 1. The van der Waals surface area contributed by atoms with Gasteiger partial charge in [-0.05, 0) is 18.1 Å². The van der Waals surface area contributed by atoms with Crippen LogP contribution in [0.25, 0.3) is 0 Å². The van der Waals surface area contributed by atoms with Gasteiger partial charge >= 0.3 is 17.6 Å². The highest BCUT2D eigenvalue weighted by molar-refractivity contribution is 5.77. The van der Waals surface area contributed by atoms with E-state index in [1.807, 2.05) is 6.92 Å². The number of methoxy groups -OCH3 is 1. The number of hydrogen-bond donors (Lipinski definition) is 0. The van der Waals surface area contributed by atoms with Gasteiger partial charge in [0.25, 0.3) is 0 Å². The van der Waals surface area contributed by atoms with Gasteiger partial charge in [-0.3, -0.25) is 19.7 Å². The molecule has 0 unspecified atom stereocenters. The molecule has 1 aromatic rings. The van der Waals surface area contributed by atoms with E-state index >= 15 is 0 Å². The predicted octanol–water partition coefficient (Wildman–Crippen LogP) is 2.77. The molecule has 0 aliphatic rings. The number of esters is 2. The summed E-state index contributed by atoms with van der Waals surface area (Å²) in [6.07, 6.45) is 1.56. The van der Waals surface area contributed by atoms with Crippen LogP contribution in [0, 0.1) is 10.1 Å². The molecule has 8 heteroatoms. The quantitative estimate of drug-likeness (QED) is 0.279. The van der Waals surface area contributed by atoms with Gasteiger partial charge in [0.15, 0.2) is 5.75 Å². The number of nitro groups is 1. The minimum atomic E-state index is -0.573. The largest absolute Gasteiger partial charge is 0.490 e. The van der Waals surface area contributed by atoms with E-state index in [0.717, 1.165) is 12.8 Å². The van der Waals surface area contributed by atoms with Crippen LogP contribution in [-0.2, 0) is 25.7 Å². The zero-order chi connectivity index (χ0) is 17.9. The second-order valence-corrected chi connectivity index (χ2v) is 5.00. The maximum Gasteiger partial charge on any atom is 0.311 e. The Balaban J connectivity index is 2.43. The van der Waals surface area contributed by atoms with Gasteiger partial charge in [-0.2, -0.15) is 0 Å². The second-order valence-electron chi connectivity index (χ2n) is 5.00. The van der Waals surface area contributed by atoms with Crippen molar-refractivity contribution < 1.29 is 28.7 Å². The lowest BCUT2D eigenvalue weighted by Crippen LogP contribution is -2.11. The third-order valence-electron chi connectivity index (χ3n) is 3.13. The molecular weight excluding hydrogens is 318 g/mol. The molecule has 0 aromatic heterocycles. The average molecular weight is 339 g/mol. The maximum absolute atomic E-state index is 11.6. The standard InChI is InChI=1S/C16H21NO7/c1-3-4-9-23-15(18)7-8-16(19)24-11-12-5-6-14(22-2)13(10-12)17(20)21/h5-6,10H,3-4,7-9,11H2,1-2H3. The Labute approximate surface area is 139 Å². The Hall–Kier alpha value is -2.64. The van der Waals surface area contributed by atoms with Gasteiger partial charge in [-0.25, -0.2) is 0 Å². The Kier molecular flexibility index (Phi) is 8.24. The third-order valence-corrected chi connectivity index (χ3v) is 3.13. The van der Waals surface area contributed by atoms with Gasteiger partial charge in [0, 0.05) is 6.07 Å². The lowest BCUT2D eigenvalue weighted by Gasteiger charge is -2.07. The smallest absolute Gasteiger partial charge is 0.311 e. The molecule has 0 radical (unpaired) electrons. The molecule has 0 spiro atoms. The summed E-state index contributed by atoms with van der Waals surface area (Å²) >= 11 is 0. The monoisotopic (exact) mass is 339 g/mol. The van der Waals surface area contributed by atoms with E-state index in [1.54, 1.807) is 6.07 Å². The molecule has 0 saturated carbocycles. The Morgan fingerprint density at radius 2 is 1.83 bits per heavy atom. The van der Waals surface area contributed by atoms with Crippen LogP contribution in [0.15, 0.2) is 18.2 Å². The van der Waals surface area contributed by atoms with Crippen LogP contribution in [0.4, 0.5) is 5.69 Å². The van der Waals surface area contributed by atoms with Crippen LogP contribution in [-0.4, -0.2) is 30.6 Å². The molecule has 1 aromatic carbocycles. The van der Waals surface area contributed by atoms with Gasteiger partial charge in [-0.1, -0.05) is 19.4 Å². The summed E-state index contributed by atoms with van der Waals surface area (Å²) < 4.78 is 14.8. The number of carbonyl (C=O) groups excluding carboxylic acids is 2. The first-order valence-electron chi connectivity index (χ1n) is 7.60. The lowest BCUT2D eigenvalue weighted by atomic mass is 10.2. The minimum Gasteiger partial charge on any atom is -0.490 e. The van der Waals surface area contributed by atoms with E-state index in [2.05, 4.69) is 0 Å². The van der Waals surface area contributed by atoms with Gasteiger partial charge in [0.05, 0.1) is 31.5 Å². The Morgan fingerprint density at radius 1 is 1.17 bits per heavy atom. The summed E-state index contributed by atoms with van der Waals surface area (Å²) in [6.45, 7) is 2.21. The predicted molar refractivity (Wildman–Crippen MR) is 84.5 cm³/mol. The van der Waals surface area contributed by atoms with Crippen molar-refractivity contribution in [2.75, 3.05) is 13.7 Å². The first-order chi connectivity index (χ1) is 11.5. The Bertz CT molecular complexity index is 586. The molecule has 0 N–H and O–H groups in total. The van der Waals surface area contributed by atoms with Crippen molar-refractivity contribution in [1.82, 2.24) is 0 Å². The number of nitro benzene ring substituents is 1. The van der Waals surface area contributed by atoms with Crippen LogP contribution in [0.3, 0.4) is 0 Å². The number of nitrogens with zero attached hydrogens (tertiary/aromatic N) is 1. The van der Waals surface area contributed by atoms with Crippen molar-refractivity contribution >= 4 is 17.6 Å². The third kappa shape index (κ3) is 6.64. The van der Waals surface area contributed by atoms with E-state index in [4.69, 9.17) is 14.2 Å². The molecule has 0 saturated heterocycles. The highest BCUT2D eigenvalue weighted by Gasteiger charge is 2.16. The summed E-state index contributed by atoms with van der Waals surface area (Å²) in [5.74, 6) is -0.883. The van der Waals surface area contributed by atoms with Crippen molar-refractivity contribution in [3.63, 3.8) is 0 Å². The molecule has 0 aliphatic carbocycles. The topological polar surface area (TPSA) is 105 Å². The van der Waals surface area contributed by atoms with E-state index in [1.165, 1.54) is 19.2 Å². The van der Waals surface area contributed by atoms with Gasteiger partial charge in [-0.15, -0.1) is 0 Å². The van der Waals surface area contributed by atoms with Gasteiger partial charge in [0.1, 0.15) is 6.61 Å². The van der Waals surface area contributed by atoms with Crippen LogP contribution in [0.1, 0.15) is 38.2 Å². The SMILES string of the molecule is CCCCOC(=O)CCC(=O)OCc1ccc(OC)c([N+](=O)[O-])c1. The van der Waals surface area contributed by atoms with Crippen molar-refractivity contribution in [2.45, 2.75) is 39.2 Å². The molecule has 0 bridgehead atoms. The molecule has 132 valence electrons. The van der Waals surface area contributed by atoms with Crippen molar-refractivity contribution in [3.05, 3.63) is 33.9 Å². The molecule has 24 heavy (non-hydrogen) atoms. The molecule has 0 atom stereocenters. The summed E-state index contributed by atoms with van der Waals surface area (Å²) in [6, 6.07) is 4.29. The summed E-state index contributed by atoms with van der Waals surface area (Å²) in [4.78, 5) is 33.3. The summed E-state index contributed by atoms with van der Waals surface area (Å²) in [5.41, 5.74) is 0.256. The zero-order valence-electron chi connectivity index (χ0n) is 13.8. The van der Waals surface area contributed by atoms with Crippen LogP contribution in [0.2, 0.25) is 0 Å². The van der Waals surface area contributed by atoms with Crippen molar-refractivity contribution in [2.24, 2.45) is 0 Å². The van der Waals surface area contributed by atoms with E-state index < -0.39 is 16.9 Å². The molecule has 0 heterocycles. The van der Waals surface area contributed by atoms with E-state index in [0.29, 0.717) is 12.2 Å². The highest BCUT2D eigenvalue weighted by Crippen LogP contribution is 2.27. The molecule has 0 fully saturated rings. The lowest BCUT2D eigenvalue weighted by molar-refractivity contribution is -0.385. The van der Waals surface area contributed by atoms with Crippen molar-refractivity contribution in [3.8, 4) is 5.75 Å². The van der Waals surface area contributed by atoms with Crippen LogP contribution >= 0.6 is 0 Å². The van der Waals surface area contributed by atoms with Gasteiger partial charge < -0.3 is 14.2 Å². The molecule has 0 aliphatic heterocycles. The van der Waals surface area contributed by atoms with Gasteiger partial charge in [0.2, 0.25) is 0 Å². The number of benzene rings is 1. The summed E-state index contributed by atoms with van der Waals surface area (Å²) in [5, 5.41) is 10.9. The van der Waals surface area contributed by atoms with Crippen molar-refractivity contribution in [1.29, 1.82) is 0 Å². The molecule has 0 amide bonds. The highest BCUT2D eigenvalue weighted by atomic mass is 16.6. The fraction of sp³-hybridized carbons (Fsp3) is 0.500. The first-order valence-corrected chi connectivity index (χ1v) is 7.60. The fourth-order valence-corrected chi connectivity index (χ4v) is 1.81. The average Bonchev–Trinajstić information content (AvgIpc) is 2.58. The maximum atomic E-state index is 11.6. The fourth-order valence-electron chi connectivity index (χ4n) is 1.81. The number of rotatable bonds is 10. The Morgan fingerprint density at radius 3 is 2.42 bits per heavy atom. The molecular formula is C16H21NO7. The van der Waals surface area contributed by atoms with Crippen LogP contribution < -0.4 is 4.74 Å². The van der Waals surface area contributed by atoms with E-state index in [9.17, 15) is 19.7 Å². The number of carbonyl (C=O) groups is 2. The number of hydrogen-bond acceptors (Lipinski definition) is 7. The van der Waals surface area contributed by atoms with E-state index in [-0.39, 0.29) is 30.9 Å². The van der Waals surface area contributed by atoms with Crippen LogP contribution in [0.5, 0.6) is 5.75 Å². The number of ether oxygens (including phenoxy) is 3. The zero-order valence-corrected chi connectivity index (χ0v) is 13.8. The second kappa shape index (κ2) is 10.2. The molecule has 1 rings (SSSR count). The first kappa shape index (κ1) is 19.4.